The topological polar surface area (TPSA) is 145 Å². The Bertz CT molecular complexity index is 1320. The zero-order chi connectivity index (χ0) is 22.6. The second-order valence-corrected chi connectivity index (χ2v) is 9.60. The van der Waals surface area contributed by atoms with Crippen molar-refractivity contribution in [3.63, 3.8) is 0 Å². The summed E-state index contributed by atoms with van der Waals surface area (Å²) in [4.78, 5) is 12.3. The second-order valence-electron chi connectivity index (χ2n) is 6.36. The van der Waals surface area contributed by atoms with Gasteiger partial charge in [0.1, 0.15) is 5.75 Å². The molecule has 1 amide bonds. The van der Waals surface area contributed by atoms with Gasteiger partial charge in [0.05, 0.1) is 22.6 Å². The summed E-state index contributed by atoms with van der Waals surface area (Å²) in [5.74, 6) is -0.222. The van der Waals surface area contributed by atoms with Crippen molar-refractivity contribution in [1.82, 2.24) is 0 Å². The van der Waals surface area contributed by atoms with Gasteiger partial charge in [-0.05, 0) is 54.6 Å². The van der Waals surface area contributed by atoms with E-state index in [9.17, 15) is 21.6 Å². The smallest absolute Gasteiger partial charge is 0.262 e. The fourth-order valence-corrected chi connectivity index (χ4v) is 4.30. The van der Waals surface area contributed by atoms with E-state index >= 15 is 0 Å². The molecule has 9 nitrogen and oxygen atoms in total. The van der Waals surface area contributed by atoms with Crippen LogP contribution in [-0.2, 0) is 20.0 Å². The van der Waals surface area contributed by atoms with E-state index in [-0.39, 0.29) is 21.0 Å². The summed E-state index contributed by atoms with van der Waals surface area (Å²) in [6.07, 6.45) is 0. The molecule has 11 heteroatoms. The minimum atomic E-state index is -3.99. The lowest BCUT2D eigenvalue weighted by Crippen LogP contribution is -2.16. The lowest BCUT2D eigenvalue weighted by molar-refractivity contribution is 0.102. The van der Waals surface area contributed by atoms with Gasteiger partial charge in [0, 0.05) is 11.3 Å². The quantitative estimate of drug-likeness (QED) is 0.493. The Labute approximate surface area is 180 Å². The number of carbonyl (C=O) groups is 1. The number of hydrogen-bond donors (Lipinski definition) is 3. The number of sulfonamides is 2. The van der Waals surface area contributed by atoms with Crippen molar-refractivity contribution < 1.29 is 26.4 Å². The number of benzene rings is 3. The molecule has 0 aromatic heterocycles. The van der Waals surface area contributed by atoms with Crippen LogP contribution in [0.1, 0.15) is 10.4 Å². The summed E-state index contributed by atoms with van der Waals surface area (Å²) in [5, 5.41) is 7.62. The van der Waals surface area contributed by atoms with E-state index in [2.05, 4.69) is 10.0 Å². The molecule has 0 radical (unpaired) electrons. The highest BCUT2D eigenvalue weighted by Crippen LogP contribution is 2.26. The molecular weight excluding hydrogens is 442 g/mol. The molecule has 0 bridgehead atoms. The highest BCUT2D eigenvalue weighted by molar-refractivity contribution is 7.92. The first-order chi connectivity index (χ1) is 14.6. The summed E-state index contributed by atoms with van der Waals surface area (Å²) in [6, 6.07) is 17.3. The highest BCUT2D eigenvalue weighted by Gasteiger charge is 2.18. The van der Waals surface area contributed by atoms with Gasteiger partial charge < -0.3 is 10.1 Å². The van der Waals surface area contributed by atoms with Crippen LogP contribution in [0.3, 0.4) is 0 Å². The van der Waals surface area contributed by atoms with Gasteiger partial charge >= 0.3 is 0 Å². The number of nitrogens with two attached hydrogens (primary N) is 1. The summed E-state index contributed by atoms with van der Waals surface area (Å²) in [5.41, 5.74) is 0.672. The predicted octanol–water partition coefficient (Wildman–Crippen LogP) is 2.40. The molecule has 0 heterocycles. The maximum absolute atomic E-state index is 12.8. The van der Waals surface area contributed by atoms with Gasteiger partial charge in [0.2, 0.25) is 10.0 Å². The third-order valence-corrected chi connectivity index (χ3v) is 6.49. The fraction of sp³-hybridized carbons (Fsp3) is 0.0500. The molecule has 0 spiro atoms. The number of methoxy groups -OCH3 is 1. The average molecular weight is 462 g/mol. The van der Waals surface area contributed by atoms with Crippen LogP contribution in [0.25, 0.3) is 0 Å². The monoisotopic (exact) mass is 461 g/mol. The van der Waals surface area contributed by atoms with Crippen molar-refractivity contribution in [2.75, 3.05) is 17.1 Å². The molecule has 3 aromatic rings. The Hall–Kier alpha value is -3.41. The van der Waals surface area contributed by atoms with Crippen LogP contribution in [-0.4, -0.2) is 29.9 Å². The molecule has 3 rings (SSSR count). The van der Waals surface area contributed by atoms with Crippen molar-refractivity contribution in [3.8, 4) is 5.75 Å². The van der Waals surface area contributed by atoms with Crippen LogP contribution < -0.4 is 19.9 Å². The lowest BCUT2D eigenvalue weighted by Gasteiger charge is -2.12. The number of nitrogens with one attached hydrogen (secondary N) is 2. The lowest BCUT2D eigenvalue weighted by atomic mass is 10.2. The van der Waals surface area contributed by atoms with Crippen molar-refractivity contribution in [3.05, 3.63) is 78.4 Å². The summed E-state index contributed by atoms with van der Waals surface area (Å²) in [7, 11) is -6.41. The first-order valence-corrected chi connectivity index (χ1v) is 11.8. The van der Waals surface area contributed by atoms with Crippen molar-refractivity contribution in [2.24, 2.45) is 5.14 Å². The van der Waals surface area contributed by atoms with Gasteiger partial charge in [0.15, 0.2) is 0 Å². The van der Waals surface area contributed by atoms with Crippen molar-refractivity contribution in [2.45, 2.75) is 9.79 Å². The van der Waals surface area contributed by atoms with Gasteiger partial charge in [-0.2, -0.15) is 0 Å². The number of amides is 1. The summed E-state index contributed by atoms with van der Waals surface area (Å²) in [6.45, 7) is 0. The molecule has 0 fully saturated rings. The number of anilines is 2. The Morgan fingerprint density at radius 2 is 1.55 bits per heavy atom. The van der Waals surface area contributed by atoms with Crippen molar-refractivity contribution >= 4 is 37.3 Å². The van der Waals surface area contributed by atoms with E-state index in [0.717, 1.165) is 0 Å². The third-order valence-electron chi connectivity index (χ3n) is 4.20. The Morgan fingerprint density at radius 3 is 2.19 bits per heavy atom. The first kappa shape index (κ1) is 22.3. The normalized spacial score (nSPS) is 11.5. The van der Waals surface area contributed by atoms with E-state index in [1.807, 2.05) is 0 Å². The maximum atomic E-state index is 12.8. The van der Waals surface area contributed by atoms with Gasteiger partial charge in [0.25, 0.3) is 15.9 Å². The predicted molar refractivity (Wildman–Crippen MR) is 116 cm³/mol. The van der Waals surface area contributed by atoms with Gasteiger partial charge in [-0.25, -0.2) is 22.0 Å². The molecular formula is C20H19N3O6S2. The van der Waals surface area contributed by atoms with Crippen LogP contribution >= 0.6 is 0 Å². The molecule has 0 atom stereocenters. The fourth-order valence-electron chi connectivity index (χ4n) is 2.67. The third kappa shape index (κ3) is 5.40. The van der Waals surface area contributed by atoms with Gasteiger partial charge in [-0.3, -0.25) is 9.52 Å². The van der Waals surface area contributed by atoms with Gasteiger partial charge in [-0.15, -0.1) is 0 Å². The number of hydrogen-bond acceptors (Lipinski definition) is 6. The molecule has 31 heavy (non-hydrogen) atoms. The molecule has 0 aliphatic carbocycles. The minimum Gasteiger partial charge on any atom is -0.495 e. The molecule has 4 N–H and O–H groups in total. The Morgan fingerprint density at radius 1 is 0.871 bits per heavy atom. The highest BCUT2D eigenvalue weighted by atomic mass is 32.2. The first-order valence-electron chi connectivity index (χ1n) is 8.80. The number of ether oxygens (including phenoxy) is 1. The standard InChI is InChI=1S/C20H19N3O6S2/c1-29-19-8-3-2-7-18(19)23-31(27,28)17-6-4-5-14(13-17)20(24)22-15-9-11-16(12-10-15)30(21,25)26/h2-13,23H,1H3,(H,22,24)(H2,21,25,26). The van der Waals surface area contributed by atoms with E-state index < -0.39 is 26.0 Å². The minimum absolute atomic E-state index is 0.0958. The van der Waals surface area contributed by atoms with E-state index in [1.54, 1.807) is 24.3 Å². The zero-order valence-corrected chi connectivity index (χ0v) is 17.9. The Balaban J connectivity index is 1.81. The SMILES string of the molecule is COc1ccccc1NS(=O)(=O)c1cccc(C(=O)Nc2ccc(S(N)(=O)=O)cc2)c1. The number of primary sulfonamides is 1. The van der Waals surface area contributed by atoms with E-state index in [4.69, 9.17) is 9.88 Å². The number of para-hydroxylation sites is 2. The molecule has 0 aliphatic heterocycles. The summed E-state index contributed by atoms with van der Waals surface area (Å²) < 4.78 is 55.7. The van der Waals surface area contributed by atoms with Crippen LogP contribution in [0.5, 0.6) is 5.75 Å². The molecule has 3 aromatic carbocycles. The average Bonchev–Trinajstić information content (AvgIpc) is 2.73. The molecule has 162 valence electrons. The molecule has 0 saturated heterocycles. The van der Waals surface area contributed by atoms with Crippen LogP contribution in [0.15, 0.2) is 82.6 Å². The Kier molecular flexibility index (Phi) is 6.29. The van der Waals surface area contributed by atoms with Crippen LogP contribution in [0.4, 0.5) is 11.4 Å². The summed E-state index contributed by atoms with van der Waals surface area (Å²) >= 11 is 0. The largest absolute Gasteiger partial charge is 0.495 e. The van der Waals surface area contributed by atoms with Crippen LogP contribution in [0.2, 0.25) is 0 Å². The maximum Gasteiger partial charge on any atom is 0.262 e. The van der Waals surface area contributed by atoms with E-state index in [0.29, 0.717) is 11.4 Å². The molecule has 0 unspecified atom stereocenters. The zero-order valence-electron chi connectivity index (χ0n) is 16.3. The molecule has 0 saturated carbocycles. The second kappa shape index (κ2) is 8.76. The van der Waals surface area contributed by atoms with Gasteiger partial charge in [-0.1, -0.05) is 18.2 Å². The van der Waals surface area contributed by atoms with Crippen LogP contribution in [0, 0.1) is 0 Å². The number of carbonyl (C=O) groups excluding carboxylic acids is 1. The molecule has 0 aliphatic rings. The van der Waals surface area contributed by atoms with E-state index in [1.165, 1.54) is 55.6 Å². The van der Waals surface area contributed by atoms with Crippen molar-refractivity contribution in [1.29, 1.82) is 0 Å². The number of rotatable bonds is 7.